The van der Waals surface area contributed by atoms with E-state index in [-0.39, 0.29) is 0 Å². The Morgan fingerprint density at radius 3 is 3.25 bits per heavy atom. The smallest absolute Gasteiger partial charge is 0.0581 e. The largest absolute Gasteiger partial charge is 0.299 e. The van der Waals surface area contributed by atoms with Crippen molar-refractivity contribution in [1.82, 2.24) is 5.32 Å². The third-order valence-electron chi connectivity index (χ3n) is 2.62. The molecule has 1 aromatic rings. The molecule has 0 saturated heterocycles. The van der Waals surface area contributed by atoms with Crippen molar-refractivity contribution < 1.29 is 0 Å². The highest BCUT2D eigenvalue weighted by Crippen LogP contribution is 2.37. The fourth-order valence-corrected chi connectivity index (χ4v) is 3.13. The number of halogens is 1. The topological polar surface area (TPSA) is 12.0 Å². The first-order chi connectivity index (χ1) is 7.81. The lowest BCUT2D eigenvalue weighted by Crippen LogP contribution is -2.24. The Kier molecular flexibility index (Phi) is 4.17. The molecule has 2 rings (SSSR count). The molecule has 1 aromatic carbocycles. The molecule has 1 N–H and O–H groups in total. The van der Waals surface area contributed by atoms with Gasteiger partial charge in [-0.1, -0.05) is 17.5 Å². The van der Waals surface area contributed by atoms with E-state index in [2.05, 4.69) is 29.3 Å². The van der Waals surface area contributed by atoms with E-state index in [0.29, 0.717) is 6.04 Å². The molecule has 1 heterocycles. The number of nitrogens with one attached hydrogen (secondary N) is 1. The predicted octanol–water partition coefficient (Wildman–Crippen LogP) is 3.49. The maximum absolute atomic E-state index is 6.04. The highest BCUT2D eigenvalue weighted by atomic mass is 35.5. The Balaban J connectivity index is 2.17. The van der Waals surface area contributed by atoms with Gasteiger partial charge in [-0.3, -0.25) is 5.32 Å². The van der Waals surface area contributed by atoms with Crippen LogP contribution < -0.4 is 5.32 Å². The third kappa shape index (κ3) is 2.74. The molecule has 0 spiro atoms. The summed E-state index contributed by atoms with van der Waals surface area (Å²) in [6.07, 6.45) is 1.14. The molecule has 1 aliphatic rings. The lowest BCUT2D eigenvalue weighted by Gasteiger charge is -2.25. The standard InChI is InChI=1S/C13H14ClNS/c1-2-3-7-15-12-6-8-16-13-5-4-10(14)9-11(12)13/h4-5,9,12,15H,6-8H2,1H3. The first kappa shape index (κ1) is 11.9. The third-order valence-corrected chi connectivity index (χ3v) is 3.98. The minimum absolute atomic E-state index is 0.399. The summed E-state index contributed by atoms with van der Waals surface area (Å²) in [5, 5.41) is 4.27. The minimum atomic E-state index is 0.399. The zero-order chi connectivity index (χ0) is 11.4. The molecule has 0 fully saturated rings. The lowest BCUT2D eigenvalue weighted by molar-refractivity contribution is 0.545. The van der Waals surface area contributed by atoms with Gasteiger partial charge in [0.2, 0.25) is 0 Å². The van der Waals surface area contributed by atoms with Gasteiger partial charge in [0, 0.05) is 16.0 Å². The van der Waals surface area contributed by atoms with E-state index in [0.717, 1.165) is 23.7 Å². The zero-order valence-electron chi connectivity index (χ0n) is 9.22. The van der Waals surface area contributed by atoms with E-state index in [9.17, 15) is 0 Å². The SMILES string of the molecule is CC#CCNC1CCSc2ccc(Cl)cc21. The fraction of sp³-hybridized carbons (Fsp3) is 0.385. The van der Waals surface area contributed by atoms with Gasteiger partial charge in [-0.15, -0.1) is 17.7 Å². The second-order valence-electron chi connectivity index (χ2n) is 3.68. The molecule has 16 heavy (non-hydrogen) atoms. The second kappa shape index (κ2) is 5.63. The molecule has 1 unspecified atom stereocenters. The monoisotopic (exact) mass is 251 g/mol. The van der Waals surface area contributed by atoms with E-state index in [1.165, 1.54) is 10.5 Å². The van der Waals surface area contributed by atoms with Crippen LogP contribution in [0, 0.1) is 11.8 Å². The summed E-state index contributed by atoms with van der Waals surface area (Å²) in [6, 6.07) is 6.54. The summed E-state index contributed by atoms with van der Waals surface area (Å²) < 4.78 is 0. The van der Waals surface area contributed by atoms with E-state index < -0.39 is 0 Å². The maximum atomic E-state index is 6.04. The van der Waals surface area contributed by atoms with E-state index in [4.69, 9.17) is 11.6 Å². The van der Waals surface area contributed by atoms with Gasteiger partial charge in [-0.2, -0.15) is 0 Å². The molecule has 84 valence electrons. The van der Waals surface area contributed by atoms with Crippen LogP contribution in [0.5, 0.6) is 0 Å². The van der Waals surface area contributed by atoms with Crippen molar-refractivity contribution >= 4 is 23.4 Å². The molecule has 1 aliphatic heterocycles. The van der Waals surface area contributed by atoms with E-state index >= 15 is 0 Å². The summed E-state index contributed by atoms with van der Waals surface area (Å²) in [6.45, 7) is 2.61. The van der Waals surface area contributed by atoms with Gasteiger partial charge in [0.15, 0.2) is 0 Å². The molecule has 0 bridgehead atoms. The van der Waals surface area contributed by atoms with Gasteiger partial charge >= 0.3 is 0 Å². The normalized spacial score (nSPS) is 18.5. The molecule has 0 saturated carbocycles. The van der Waals surface area contributed by atoms with Gasteiger partial charge in [0.25, 0.3) is 0 Å². The van der Waals surface area contributed by atoms with Crippen molar-refractivity contribution in [3.63, 3.8) is 0 Å². The van der Waals surface area contributed by atoms with Crippen molar-refractivity contribution in [3.05, 3.63) is 28.8 Å². The summed E-state index contributed by atoms with van der Waals surface area (Å²) in [5.74, 6) is 7.10. The van der Waals surface area contributed by atoms with Crippen LogP contribution in [-0.4, -0.2) is 12.3 Å². The highest BCUT2D eigenvalue weighted by molar-refractivity contribution is 7.99. The Labute approximate surface area is 106 Å². The molecule has 0 aromatic heterocycles. The average molecular weight is 252 g/mol. The van der Waals surface area contributed by atoms with Crippen molar-refractivity contribution in [2.45, 2.75) is 24.3 Å². The number of hydrogen-bond acceptors (Lipinski definition) is 2. The first-order valence-electron chi connectivity index (χ1n) is 5.36. The number of fused-ring (bicyclic) bond motifs is 1. The second-order valence-corrected chi connectivity index (χ2v) is 5.25. The highest BCUT2D eigenvalue weighted by Gasteiger charge is 2.19. The molecule has 0 aliphatic carbocycles. The van der Waals surface area contributed by atoms with Gasteiger partial charge in [0.1, 0.15) is 0 Å². The van der Waals surface area contributed by atoms with E-state index in [1.807, 2.05) is 24.8 Å². The zero-order valence-corrected chi connectivity index (χ0v) is 10.8. The average Bonchev–Trinajstić information content (AvgIpc) is 2.30. The van der Waals surface area contributed by atoms with Gasteiger partial charge in [-0.05, 0) is 42.9 Å². The summed E-state index contributed by atoms with van der Waals surface area (Å²) >= 11 is 7.94. The summed E-state index contributed by atoms with van der Waals surface area (Å²) in [5.41, 5.74) is 1.32. The van der Waals surface area contributed by atoms with E-state index in [1.54, 1.807) is 0 Å². The van der Waals surface area contributed by atoms with Crippen molar-refractivity contribution in [1.29, 1.82) is 0 Å². The van der Waals surface area contributed by atoms with Crippen LogP contribution in [0.15, 0.2) is 23.1 Å². The lowest BCUT2D eigenvalue weighted by atomic mass is 10.0. The number of benzene rings is 1. The predicted molar refractivity (Wildman–Crippen MR) is 71.0 cm³/mol. The number of thioether (sulfide) groups is 1. The minimum Gasteiger partial charge on any atom is -0.299 e. The molecule has 1 atom stereocenters. The van der Waals surface area contributed by atoms with Crippen molar-refractivity contribution in [3.8, 4) is 11.8 Å². The molecular formula is C13H14ClNS. The fourth-order valence-electron chi connectivity index (χ4n) is 1.84. The van der Waals surface area contributed by atoms with Crippen LogP contribution in [0.3, 0.4) is 0 Å². The number of rotatable bonds is 2. The van der Waals surface area contributed by atoms with Gasteiger partial charge in [0.05, 0.1) is 6.54 Å². The Morgan fingerprint density at radius 2 is 2.44 bits per heavy atom. The quantitative estimate of drug-likeness (QED) is 0.808. The van der Waals surface area contributed by atoms with Crippen molar-refractivity contribution in [2.24, 2.45) is 0 Å². The molecule has 0 radical (unpaired) electrons. The molecule has 0 amide bonds. The van der Waals surface area contributed by atoms with Crippen LogP contribution >= 0.6 is 23.4 Å². The van der Waals surface area contributed by atoms with Crippen LogP contribution in [0.4, 0.5) is 0 Å². The molecule has 3 heteroatoms. The first-order valence-corrected chi connectivity index (χ1v) is 6.73. The van der Waals surface area contributed by atoms with Crippen LogP contribution in [0.1, 0.15) is 24.9 Å². The number of hydrogen-bond donors (Lipinski definition) is 1. The molecule has 1 nitrogen and oxygen atoms in total. The van der Waals surface area contributed by atoms with Gasteiger partial charge < -0.3 is 0 Å². The summed E-state index contributed by atoms with van der Waals surface area (Å²) in [7, 11) is 0. The summed E-state index contributed by atoms with van der Waals surface area (Å²) in [4.78, 5) is 1.35. The Bertz CT molecular complexity index is 433. The Hall–Kier alpha value is -0.620. The van der Waals surface area contributed by atoms with Crippen LogP contribution in [0.25, 0.3) is 0 Å². The van der Waals surface area contributed by atoms with Crippen molar-refractivity contribution in [2.75, 3.05) is 12.3 Å². The Morgan fingerprint density at radius 1 is 1.56 bits per heavy atom. The molecular weight excluding hydrogens is 238 g/mol. The van der Waals surface area contributed by atoms with Gasteiger partial charge in [-0.25, -0.2) is 0 Å². The maximum Gasteiger partial charge on any atom is 0.0581 e. The van der Waals surface area contributed by atoms with Crippen LogP contribution in [0.2, 0.25) is 5.02 Å². The van der Waals surface area contributed by atoms with Crippen LogP contribution in [-0.2, 0) is 0 Å².